The van der Waals surface area contributed by atoms with Crippen molar-refractivity contribution in [3.05, 3.63) is 0 Å². The Morgan fingerprint density at radius 2 is 2.27 bits per heavy atom. The number of hydrogen-bond acceptors (Lipinski definition) is 4. The maximum Gasteiger partial charge on any atom is 0.225 e. The Balaban J connectivity index is 2.56. The van der Waals surface area contributed by atoms with Crippen LogP contribution in [0.25, 0.3) is 0 Å². The summed E-state index contributed by atoms with van der Waals surface area (Å²) < 4.78 is 25.3. The van der Waals surface area contributed by atoms with Crippen molar-refractivity contribution >= 4 is 10.0 Å². The number of rotatable bonds is 3. The summed E-state index contributed by atoms with van der Waals surface area (Å²) in [4.78, 5) is 2.18. The summed E-state index contributed by atoms with van der Waals surface area (Å²) in [5.74, 6) is -0.163. The number of hydrogen-bond donors (Lipinski definition) is 1. The quantitative estimate of drug-likeness (QED) is 0.728. The first-order valence-electron chi connectivity index (χ1n) is 5.00. The first-order chi connectivity index (χ1) is 6.94. The summed E-state index contributed by atoms with van der Waals surface area (Å²) in [6.45, 7) is 3.80. The van der Waals surface area contributed by atoms with Crippen LogP contribution in [0, 0.1) is 17.2 Å². The van der Waals surface area contributed by atoms with Crippen LogP contribution in [-0.2, 0) is 10.0 Å². The van der Waals surface area contributed by atoms with Gasteiger partial charge in [-0.2, -0.15) is 5.26 Å². The topological polar surface area (TPSA) is 73.2 Å². The third-order valence-corrected chi connectivity index (χ3v) is 3.86. The molecule has 0 amide bonds. The molecule has 1 heterocycles. The lowest BCUT2D eigenvalue weighted by atomic mass is 9.95. The van der Waals surface area contributed by atoms with Gasteiger partial charge in [-0.25, -0.2) is 13.1 Å². The molecule has 0 bridgehead atoms. The van der Waals surface area contributed by atoms with Gasteiger partial charge in [0, 0.05) is 12.6 Å². The normalized spacial score (nSPS) is 28.6. The fourth-order valence-electron chi connectivity index (χ4n) is 1.89. The van der Waals surface area contributed by atoms with E-state index in [9.17, 15) is 8.42 Å². The Labute approximate surface area is 91.1 Å². The number of nitriles is 1. The van der Waals surface area contributed by atoms with E-state index in [0.717, 1.165) is 19.5 Å². The first-order valence-corrected chi connectivity index (χ1v) is 6.65. The van der Waals surface area contributed by atoms with Crippen LogP contribution in [0.3, 0.4) is 0 Å². The largest absolute Gasteiger partial charge is 0.306 e. The highest BCUT2D eigenvalue weighted by Gasteiger charge is 2.27. The Bertz CT molecular complexity index is 347. The number of nitrogens with one attached hydrogen (secondary N) is 1. The molecule has 1 fully saturated rings. The summed E-state index contributed by atoms with van der Waals surface area (Å²) in [5.41, 5.74) is 0. The molecule has 0 aromatic rings. The lowest BCUT2D eigenvalue weighted by Gasteiger charge is -2.34. The Morgan fingerprint density at radius 1 is 1.60 bits per heavy atom. The van der Waals surface area contributed by atoms with Gasteiger partial charge in [0.2, 0.25) is 10.0 Å². The molecule has 1 N–H and O–H groups in total. The van der Waals surface area contributed by atoms with Gasteiger partial charge in [-0.05, 0) is 25.9 Å². The van der Waals surface area contributed by atoms with Crippen LogP contribution in [0.5, 0.6) is 0 Å². The van der Waals surface area contributed by atoms with E-state index in [1.165, 1.54) is 0 Å². The highest BCUT2D eigenvalue weighted by atomic mass is 32.2. The highest BCUT2D eigenvalue weighted by molar-refractivity contribution is 7.89. The SMILES string of the molecule is CC1CN(C)CCC1NS(=O)(=O)CC#N. The van der Waals surface area contributed by atoms with Gasteiger partial charge in [0.05, 0.1) is 6.07 Å². The molecule has 6 heteroatoms. The van der Waals surface area contributed by atoms with Crippen LogP contribution in [0.4, 0.5) is 0 Å². The van der Waals surface area contributed by atoms with Crippen LogP contribution < -0.4 is 4.72 Å². The van der Waals surface area contributed by atoms with Crippen molar-refractivity contribution in [3.8, 4) is 6.07 Å². The van der Waals surface area contributed by atoms with Crippen LogP contribution >= 0.6 is 0 Å². The van der Waals surface area contributed by atoms with E-state index in [2.05, 4.69) is 9.62 Å². The zero-order chi connectivity index (χ0) is 11.5. The van der Waals surface area contributed by atoms with E-state index < -0.39 is 15.8 Å². The van der Waals surface area contributed by atoms with E-state index in [1.807, 2.05) is 14.0 Å². The van der Waals surface area contributed by atoms with Crippen molar-refractivity contribution in [2.45, 2.75) is 19.4 Å². The van der Waals surface area contributed by atoms with E-state index in [0.29, 0.717) is 0 Å². The summed E-state index contributed by atoms with van der Waals surface area (Å²) >= 11 is 0. The molecule has 0 radical (unpaired) electrons. The minimum atomic E-state index is -3.41. The maximum absolute atomic E-state index is 11.4. The summed E-state index contributed by atoms with van der Waals surface area (Å²) in [6, 6.07) is 1.63. The van der Waals surface area contributed by atoms with Gasteiger partial charge in [-0.3, -0.25) is 0 Å². The Morgan fingerprint density at radius 3 is 2.80 bits per heavy atom. The number of sulfonamides is 1. The molecule has 0 aromatic heterocycles. The van der Waals surface area contributed by atoms with Crippen LogP contribution in [0.1, 0.15) is 13.3 Å². The van der Waals surface area contributed by atoms with Crippen LogP contribution in [0.15, 0.2) is 0 Å². The Kier molecular flexibility index (Phi) is 4.08. The lowest BCUT2D eigenvalue weighted by molar-refractivity contribution is 0.188. The molecule has 5 nitrogen and oxygen atoms in total. The van der Waals surface area contributed by atoms with E-state index in [4.69, 9.17) is 5.26 Å². The van der Waals surface area contributed by atoms with Gasteiger partial charge < -0.3 is 4.90 Å². The average molecular weight is 231 g/mol. The third kappa shape index (κ3) is 3.78. The molecule has 0 aromatic carbocycles. The second kappa shape index (κ2) is 4.92. The molecule has 0 aliphatic carbocycles. The number of likely N-dealkylation sites (tertiary alicyclic amines) is 1. The van der Waals surface area contributed by atoms with Gasteiger partial charge in [0.25, 0.3) is 0 Å². The molecular formula is C9H17N3O2S. The molecule has 1 saturated heterocycles. The molecule has 86 valence electrons. The second-order valence-corrected chi connectivity index (χ2v) is 5.92. The fourth-order valence-corrected chi connectivity index (χ4v) is 2.95. The van der Waals surface area contributed by atoms with Crippen molar-refractivity contribution in [3.63, 3.8) is 0 Å². The van der Waals surface area contributed by atoms with Crippen molar-refractivity contribution in [2.24, 2.45) is 5.92 Å². The molecule has 1 rings (SSSR count). The summed E-state index contributed by atoms with van der Waals surface area (Å²) in [5, 5.41) is 8.36. The van der Waals surface area contributed by atoms with Crippen molar-refractivity contribution < 1.29 is 8.42 Å². The smallest absolute Gasteiger partial charge is 0.225 e. The molecule has 15 heavy (non-hydrogen) atoms. The van der Waals surface area contributed by atoms with E-state index in [-0.39, 0.29) is 12.0 Å². The molecule has 1 aliphatic heterocycles. The predicted octanol–water partition coefficient (Wildman–Crippen LogP) is -0.230. The zero-order valence-electron chi connectivity index (χ0n) is 9.10. The monoisotopic (exact) mass is 231 g/mol. The summed E-state index contributed by atoms with van der Waals surface area (Å²) in [7, 11) is -1.39. The van der Waals surface area contributed by atoms with Gasteiger partial charge >= 0.3 is 0 Å². The maximum atomic E-state index is 11.4. The van der Waals surface area contributed by atoms with Gasteiger partial charge in [0.1, 0.15) is 0 Å². The van der Waals surface area contributed by atoms with E-state index in [1.54, 1.807) is 6.07 Å². The van der Waals surface area contributed by atoms with Gasteiger partial charge in [-0.1, -0.05) is 6.92 Å². The van der Waals surface area contributed by atoms with E-state index >= 15 is 0 Å². The standard InChI is InChI=1S/C9H17N3O2S/c1-8-7-12(2)5-3-9(8)11-15(13,14)6-4-10/h8-9,11H,3,5-7H2,1-2H3. The molecule has 0 spiro atoms. The van der Waals surface area contributed by atoms with Gasteiger partial charge in [0.15, 0.2) is 5.75 Å². The number of nitrogens with zero attached hydrogens (tertiary/aromatic N) is 2. The zero-order valence-corrected chi connectivity index (χ0v) is 9.92. The van der Waals surface area contributed by atoms with Crippen LogP contribution in [0.2, 0.25) is 0 Å². The van der Waals surface area contributed by atoms with Crippen molar-refractivity contribution in [2.75, 3.05) is 25.9 Å². The van der Waals surface area contributed by atoms with Gasteiger partial charge in [-0.15, -0.1) is 0 Å². The molecule has 2 unspecified atom stereocenters. The fraction of sp³-hybridized carbons (Fsp3) is 0.889. The second-order valence-electron chi connectivity index (χ2n) is 4.17. The number of piperidine rings is 1. The van der Waals surface area contributed by atoms with Crippen LogP contribution in [-0.4, -0.2) is 45.2 Å². The molecular weight excluding hydrogens is 214 g/mol. The van der Waals surface area contributed by atoms with Crippen molar-refractivity contribution in [1.29, 1.82) is 5.26 Å². The minimum absolute atomic E-state index is 0.0282. The first kappa shape index (κ1) is 12.4. The Hall–Kier alpha value is -0.640. The summed E-state index contributed by atoms with van der Waals surface area (Å²) in [6.07, 6.45) is 0.808. The molecule has 2 atom stereocenters. The average Bonchev–Trinajstić information content (AvgIpc) is 2.09. The third-order valence-electron chi connectivity index (χ3n) is 2.69. The minimum Gasteiger partial charge on any atom is -0.306 e. The van der Waals surface area contributed by atoms with Crippen molar-refractivity contribution in [1.82, 2.24) is 9.62 Å². The molecule has 0 saturated carbocycles. The predicted molar refractivity (Wildman–Crippen MR) is 57.6 cm³/mol. The highest BCUT2D eigenvalue weighted by Crippen LogP contribution is 2.16. The molecule has 1 aliphatic rings. The lowest BCUT2D eigenvalue weighted by Crippen LogP contribution is -2.49.